The molecule has 8 heteroatoms. The lowest BCUT2D eigenvalue weighted by atomic mass is 10.0. The summed E-state index contributed by atoms with van der Waals surface area (Å²) in [5, 5.41) is 0.669. The number of carbonyl (C=O) groups is 1. The minimum absolute atomic E-state index is 0.0975. The van der Waals surface area contributed by atoms with Gasteiger partial charge >= 0.3 is 6.18 Å². The van der Waals surface area contributed by atoms with Crippen LogP contribution in [-0.4, -0.2) is 15.3 Å². The van der Waals surface area contributed by atoms with Gasteiger partial charge in [-0.1, -0.05) is 65.7 Å². The molecule has 2 aromatic heterocycles. The van der Waals surface area contributed by atoms with Gasteiger partial charge in [-0.3, -0.25) is 4.79 Å². The first-order chi connectivity index (χ1) is 16.7. The second-order valence-corrected chi connectivity index (χ2v) is 8.62. The van der Waals surface area contributed by atoms with E-state index in [0.29, 0.717) is 21.9 Å². The molecular formula is C27H18ClF3N2O2. The standard InChI is InChI=1S/C27H18ClF3N2O2/c1-16-7-12-21-20(13-16)23(24(34)26-32-14-22(35-26)18-5-3-2-4-6-18)25(27(29,30)31)33(21)15-17-8-10-19(28)11-9-17/h2-14H,15H2,1H3. The van der Waals surface area contributed by atoms with Crippen LogP contribution in [0.25, 0.3) is 22.2 Å². The average molecular weight is 495 g/mol. The molecule has 0 aliphatic heterocycles. The van der Waals surface area contributed by atoms with Crippen LogP contribution in [0.4, 0.5) is 13.2 Å². The number of aromatic nitrogens is 2. The number of alkyl halides is 3. The third-order valence-electron chi connectivity index (χ3n) is 5.73. The summed E-state index contributed by atoms with van der Waals surface area (Å²) in [6.45, 7) is 1.66. The van der Waals surface area contributed by atoms with E-state index in [9.17, 15) is 18.0 Å². The molecule has 5 aromatic rings. The van der Waals surface area contributed by atoms with Gasteiger partial charge in [0.1, 0.15) is 5.69 Å². The molecular weight excluding hydrogens is 477 g/mol. The van der Waals surface area contributed by atoms with E-state index in [2.05, 4.69) is 4.98 Å². The minimum Gasteiger partial charge on any atom is -0.433 e. The van der Waals surface area contributed by atoms with Gasteiger partial charge in [-0.15, -0.1) is 0 Å². The van der Waals surface area contributed by atoms with Gasteiger partial charge in [0, 0.05) is 28.0 Å². The number of ketones is 1. The second-order valence-electron chi connectivity index (χ2n) is 8.18. The molecule has 0 atom stereocenters. The fraction of sp³-hybridized carbons (Fsp3) is 0.111. The van der Waals surface area contributed by atoms with Crippen molar-refractivity contribution >= 4 is 28.3 Å². The molecule has 3 aromatic carbocycles. The number of fused-ring (bicyclic) bond motifs is 1. The van der Waals surface area contributed by atoms with Crippen molar-refractivity contribution in [2.24, 2.45) is 0 Å². The van der Waals surface area contributed by atoms with Gasteiger partial charge < -0.3 is 8.98 Å². The zero-order chi connectivity index (χ0) is 24.7. The number of carbonyl (C=O) groups excluding carboxylic acids is 1. The predicted octanol–water partition coefficient (Wildman–Crippen LogP) is 7.56. The van der Waals surface area contributed by atoms with Crippen LogP contribution in [0, 0.1) is 6.92 Å². The maximum Gasteiger partial charge on any atom is 0.432 e. The van der Waals surface area contributed by atoms with Crippen molar-refractivity contribution in [2.75, 3.05) is 0 Å². The van der Waals surface area contributed by atoms with E-state index in [1.807, 2.05) is 6.07 Å². The summed E-state index contributed by atoms with van der Waals surface area (Å²) < 4.78 is 50.3. The highest BCUT2D eigenvalue weighted by Gasteiger charge is 2.42. The third kappa shape index (κ3) is 4.35. The third-order valence-corrected chi connectivity index (χ3v) is 5.98. The van der Waals surface area contributed by atoms with Gasteiger partial charge in [0.15, 0.2) is 5.76 Å². The highest BCUT2D eigenvalue weighted by atomic mass is 35.5. The smallest absolute Gasteiger partial charge is 0.432 e. The summed E-state index contributed by atoms with van der Waals surface area (Å²) in [6.07, 6.45) is -3.47. The highest BCUT2D eigenvalue weighted by Crippen LogP contribution is 2.40. The Morgan fingerprint density at radius 3 is 2.43 bits per heavy atom. The Kier molecular flexibility index (Phi) is 5.73. The summed E-state index contributed by atoms with van der Waals surface area (Å²) in [6, 6.07) is 20.3. The van der Waals surface area contributed by atoms with Crippen LogP contribution in [0.1, 0.15) is 33.1 Å². The molecule has 176 valence electrons. The molecule has 0 unspecified atom stereocenters. The largest absolute Gasteiger partial charge is 0.433 e. The lowest BCUT2D eigenvalue weighted by molar-refractivity contribution is -0.143. The second kappa shape index (κ2) is 8.74. The van der Waals surface area contributed by atoms with E-state index in [4.69, 9.17) is 16.0 Å². The number of nitrogens with zero attached hydrogens (tertiary/aromatic N) is 2. The van der Waals surface area contributed by atoms with Gasteiger partial charge in [-0.2, -0.15) is 13.2 Å². The van der Waals surface area contributed by atoms with Crippen molar-refractivity contribution in [3.8, 4) is 11.3 Å². The number of halogens is 4. The maximum atomic E-state index is 14.5. The molecule has 0 aliphatic carbocycles. The van der Waals surface area contributed by atoms with Crippen molar-refractivity contribution in [3.05, 3.63) is 112 Å². The molecule has 5 rings (SSSR count). The number of hydrogen-bond acceptors (Lipinski definition) is 3. The normalized spacial score (nSPS) is 11.8. The molecule has 0 spiro atoms. The fourth-order valence-electron chi connectivity index (χ4n) is 4.15. The number of aryl methyl sites for hydroxylation is 1. The highest BCUT2D eigenvalue weighted by molar-refractivity contribution is 6.30. The molecule has 2 heterocycles. The van der Waals surface area contributed by atoms with Crippen LogP contribution in [-0.2, 0) is 12.7 Å². The topological polar surface area (TPSA) is 48.0 Å². The zero-order valence-electron chi connectivity index (χ0n) is 18.4. The Labute approximate surface area is 203 Å². The molecule has 4 nitrogen and oxygen atoms in total. The van der Waals surface area contributed by atoms with Crippen LogP contribution in [0.15, 0.2) is 83.4 Å². The summed E-state index contributed by atoms with van der Waals surface area (Å²) >= 11 is 5.94. The summed E-state index contributed by atoms with van der Waals surface area (Å²) in [5.74, 6) is -1.03. The van der Waals surface area contributed by atoms with Crippen molar-refractivity contribution in [2.45, 2.75) is 19.6 Å². The molecule has 0 radical (unpaired) electrons. The van der Waals surface area contributed by atoms with Crippen molar-refractivity contribution in [1.82, 2.24) is 9.55 Å². The van der Waals surface area contributed by atoms with E-state index in [1.54, 1.807) is 73.7 Å². The van der Waals surface area contributed by atoms with E-state index < -0.39 is 29.1 Å². The Morgan fingerprint density at radius 2 is 1.74 bits per heavy atom. The van der Waals surface area contributed by atoms with E-state index >= 15 is 0 Å². The van der Waals surface area contributed by atoms with Crippen molar-refractivity contribution in [1.29, 1.82) is 0 Å². The SMILES string of the molecule is Cc1ccc2c(c1)c(C(=O)c1ncc(-c3ccccc3)o1)c(C(F)(F)F)n2Cc1ccc(Cl)cc1. The van der Waals surface area contributed by atoms with Gasteiger partial charge in [-0.25, -0.2) is 4.98 Å². The zero-order valence-corrected chi connectivity index (χ0v) is 19.2. The summed E-state index contributed by atoms with van der Waals surface area (Å²) in [5.41, 5.74) is 0.761. The van der Waals surface area contributed by atoms with E-state index in [1.165, 1.54) is 6.20 Å². The molecule has 0 fully saturated rings. The number of rotatable bonds is 5. The molecule has 0 amide bonds. The minimum atomic E-state index is -4.81. The van der Waals surface area contributed by atoms with Crippen molar-refractivity contribution < 1.29 is 22.4 Å². The number of oxazole rings is 1. The monoisotopic (exact) mass is 494 g/mol. The van der Waals surface area contributed by atoms with Crippen LogP contribution in [0.3, 0.4) is 0 Å². The van der Waals surface area contributed by atoms with E-state index in [0.717, 1.165) is 10.1 Å². The lowest BCUT2D eigenvalue weighted by Gasteiger charge is -2.14. The van der Waals surface area contributed by atoms with Gasteiger partial charge in [0.25, 0.3) is 11.7 Å². The lowest BCUT2D eigenvalue weighted by Crippen LogP contribution is -2.18. The van der Waals surface area contributed by atoms with Gasteiger partial charge in [0.2, 0.25) is 0 Å². The molecule has 0 saturated carbocycles. The van der Waals surface area contributed by atoms with Crippen LogP contribution in [0.5, 0.6) is 0 Å². The van der Waals surface area contributed by atoms with Crippen molar-refractivity contribution in [3.63, 3.8) is 0 Å². The average Bonchev–Trinajstić information content (AvgIpc) is 3.44. The molecule has 0 bridgehead atoms. The molecule has 35 heavy (non-hydrogen) atoms. The molecule has 0 aliphatic rings. The Bertz CT molecular complexity index is 1540. The summed E-state index contributed by atoms with van der Waals surface area (Å²) in [4.78, 5) is 17.5. The quantitative estimate of drug-likeness (QED) is 0.237. The number of hydrogen-bond donors (Lipinski definition) is 0. The van der Waals surface area contributed by atoms with Gasteiger partial charge in [0.05, 0.1) is 11.8 Å². The predicted molar refractivity (Wildman–Crippen MR) is 128 cm³/mol. The first kappa shape index (κ1) is 22.9. The fourth-order valence-corrected chi connectivity index (χ4v) is 4.28. The van der Waals surface area contributed by atoms with Crippen LogP contribution < -0.4 is 0 Å². The molecule has 0 saturated heterocycles. The van der Waals surface area contributed by atoms with Crippen LogP contribution >= 0.6 is 11.6 Å². The Morgan fingerprint density at radius 1 is 1.03 bits per heavy atom. The molecule has 0 N–H and O–H groups in total. The van der Waals surface area contributed by atoms with Crippen LogP contribution in [0.2, 0.25) is 5.02 Å². The maximum absolute atomic E-state index is 14.5. The van der Waals surface area contributed by atoms with E-state index in [-0.39, 0.29) is 17.4 Å². The number of benzene rings is 3. The summed E-state index contributed by atoms with van der Waals surface area (Å²) in [7, 11) is 0. The van der Waals surface area contributed by atoms with Gasteiger partial charge in [-0.05, 0) is 36.8 Å². The first-order valence-corrected chi connectivity index (χ1v) is 11.1. The Balaban J connectivity index is 1.70. The Hall–Kier alpha value is -3.84. The first-order valence-electron chi connectivity index (χ1n) is 10.7.